The van der Waals surface area contributed by atoms with Crippen molar-refractivity contribution in [3.05, 3.63) is 41.4 Å². The van der Waals surface area contributed by atoms with Crippen molar-refractivity contribution < 1.29 is 33.3 Å². The topological polar surface area (TPSA) is 135 Å². The number of benzene rings is 1. The summed E-state index contributed by atoms with van der Waals surface area (Å²) in [6.45, 7) is 4.25. The monoisotopic (exact) mass is 569 g/mol. The van der Waals surface area contributed by atoms with Gasteiger partial charge < -0.3 is 23.8 Å². The van der Waals surface area contributed by atoms with E-state index in [1.165, 1.54) is 39.1 Å². The Labute approximate surface area is 234 Å². The van der Waals surface area contributed by atoms with Gasteiger partial charge in [0.2, 0.25) is 5.28 Å². The van der Waals surface area contributed by atoms with Crippen LogP contribution >= 0.6 is 11.6 Å². The molecule has 1 aliphatic carbocycles. The molecule has 210 valence electrons. The average molecular weight is 570 g/mol. The van der Waals surface area contributed by atoms with Crippen LogP contribution in [-0.4, -0.2) is 68.9 Å². The molecule has 1 spiro atoms. The Morgan fingerprint density at radius 3 is 2.45 bits per heavy atom. The molecule has 0 bridgehead atoms. The minimum atomic E-state index is -1.08. The molecule has 3 aromatic rings. The number of halogens is 1. The molecule has 4 atom stereocenters. The fraction of sp³-hybridized carbons (Fsp3) is 0.481. The highest BCUT2D eigenvalue weighted by atomic mass is 35.5. The van der Waals surface area contributed by atoms with Crippen LogP contribution in [-0.2, 0) is 38.7 Å². The maximum absolute atomic E-state index is 12.1. The number of fused-ring (bicyclic) bond motifs is 3. The Kier molecular flexibility index (Phi) is 6.62. The van der Waals surface area contributed by atoms with Gasteiger partial charge in [-0.15, -0.1) is 0 Å². The van der Waals surface area contributed by atoms with E-state index in [4.69, 9.17) is 30.5 Å². The first-order valence-electron chi connectivity index (χ1n) is 13.1. The predicted octanol–water partition coefficient (Wildman–Crippen LogP) is 3.38. The zero-order valence-corrected chi connectivity index (χ0v) is 23.0. The molecule has 0 amide bonds. The maximum Gasteiger partial charge on any atom is 0.303 e. The summed E-state index contributed by atoms with van der Waals surface area (Å²) in [4.78, 5) is 51.4. The van der Waals surface area contributed by atoms with Gasteiger partial charge in [0.1, 0.15) is 12.7 Å². The normalized spacial score (nSPS) is 24.6. The third-order valence-corrected chi connectivity index (χ3v) is 7.95. The molecule has 6 rings (SSSR count). The van der Waals surface area contributed by atoms with E-state index >= 15 is 0 Å². The van der Waals surface area contributed by atoms with Crippen LogP contribution < -0.4 is 4.90 Å². The molecule has 2 aromatic heterocycles. The highest BCUT2D eigenvalue weighted by Gasteiger charge is 2.52. The van der Waals surface area contributed by atoms with Crippen molar-refractivity contribution in [1.29, 1.82) is 0 Å². The van der Waals surface area contributed by atoms with Gasteiger partial charge in [0.15, 0.2) is 35.4 Å². The van der Waals surface area contributed by atoms with E-state index < -0.39 is 42.4 Å². The fourth-order valence-electron chi connectivity index (χ4n) is 6.02. The van der Waals surface area contributed by atoms with Gasteiger partial charge in [-0.05, 0) is 36.1 Å². The van der Waals surface area contributed by atoms with E-state index in [1.54, 1.807) is 4.57 Å². The summed E-state index contributed by atoms with van der Waals surface area (Å²) in [5, 5.41) is 0.00585. The average Bonchev–Trinajstić information content (AvgIpc) is 3.54. The van der Waals surface area contributed by atoms with Crippen molar-refractivity contribution in [3.63, 3.8) is 0 Å². The molecule has 13 heteroatoms. The van der Waals surface area contributed by atoms with Gasteiger partial charge in [-0.2, -0.15) is 9.97 Å². The fourth-order valence-corrected chi connectivity index (χ4v) is 6.18. The summed E-state index contributed by atoms with van der Waals surface area (Å²) in [6.07, 6.45) is 0.801. The molecule has 4 heterocycles. The molecule has 40 heavy (non-hydrogen) atoms. The summed E-state index contributed by atoms with van der Waals surface area (Å²) < 4.78 is 24.0. The molecular formula is C27H28ClN5O7. The van der Waals surface area contributed by atoms with Gasteiger partial charge in [-0.3, -0.25) is 19.0 Å². The molecule has 0 N–H and O–H groups in total. The van der Waals surface area contributed by atoms with E-state index in [1.807, 2.05) is 6.07 Å². The quantitative estimate of drug-likeness (QED) is 0.245. The summed E-state index contributed by atoms with van der Waals surface area (Å²) >= 11 is 6.47. The van der Waals surface area contributed by atoms with Gasteiger partial charge in [-0.25, -0.2) is 4.98 Å². The van der Waals surface area contributed by atoms with E-state index in [9.17, 15) is 14.4 Å². The van der Waals surface area contributed by atoms with Crippen molar-refractivity contribution in [3.8, 4) is 0 Å². The number of para-hydroxylation sites is 1. The van der Waals surface area contributed by atoms with Gasteiger partial charge in [0.05, 0.1) is 6.33 Å². The lowest BCUT2D eigenvalue weighted by atomic mass is 9.66. The number of hydrogen-bond acceptors (Lipinski definition) is 11. The Hall–Kier alpha value is -3.77. The maximum atomic E-state index is 12.1. The molecule has 1 saturated heterocycles. The number of nitrogens with zero attached hydrogens (tertiary/aromatic N) is 5. The molecule has 1 aromatic carbocycles. The van der Waals surface area contributed by atoms with E-state index in [0.717, 1.165) is 25.1 Å². The smallest absolute Gasteiger partial charge is 0.303 e. The number of imidazole rings is 1. The third-order valence-electron chi connectivity index (χ3n) is 7.78. The van der Waals surface area contributed by atoms with Crippen molar-refractivity contribution >= 4 is 52.2 Å². The first-order chi connectivity index (χ1) is 19.2. The van der Waals surface area contributed by atoms with Crippen LogP contribution in [0.15, 0.2) is 30.6 Å². The molecule has 2 fully saturated rings. The van der Waals surface area contributed by atoms with Gasteiger partial charge >= 0.3 is 17.9 Å². The van der Waals surface area contributed by atoms with Crippen molar-refractivity contribution in [1.82, 2.24) is 19.5 Å². The summed E-state index contributed by atoms with van der Waals surface area (Å²) in [5.41, 5.74) is 3.24. The highest BCUT2D eigenvalue weighted by molar-refractivity contribution is 6.28. The lowest BCUT2D eigenvalue weighted by Crippen LogP contribution is -2.40. The lowest BCUT2D eigenvalue weighted by molar-refractivity contribution is -0.166. The van der Waals surface area contributed by atoms with Crippen LogP contribution in [0.4, 0.5) is 11.5 Å². The minimum Gasteiger partial charge on any atom is -0.463 e. The Bertz CT molecular complexity index is 1510. The standard InChI is InChI=1S/C27H28ClN5O7/c1-14(34)37-11-19-21(38-15(2)35)22(39-16(3)36)25(40-19)33-13-29-20-23(30-26(28)31-24(20)33)32-12-27(9-6-10-27)17-7-4-5-8-18(17)32/h4-5,7-8,13,19,21-22,25H,6,9-12H2,1-3H3/t19-,21?,22?,25-/m1/s1. The number of esters is 3. The van der Waals surface area contributed by atoms with Crippen LogP contribution in [0, 0.1) is 0 Å². The second-order valence-corrected chi connectivity index (χ2v) is 10.7. The molecule has 2 aliphatic heterocycles. The molecule has 3 aliphatic rings. The minimum absolute atomic E-state index is 0.00585. The summed E-state index contributed by atoms with van der Waals surface area (Å²) in [6, 6.07) is 8.29. The largest absolute Gasteiger partial charge is 0.463 e. The Morgan fingerprint density at radius 1 is 1.05 bits per heavy atom. The number of ether oxygens (including phenoxy) is 4. The SMILES string of the molecule is CC(=O)OC[C@H]1O[C@@H](n2cnc3c(N4CC5(CCC5)c5ccccc54)nc(Cl)nc32)C(OC(C)=O)C1OC(C)=O. The molecule has 2 unspecified atom stereocenters. The Morgan fingerprint density at radius 2 is 1.77 bits per heavy atom. The number of rotatable bonds is 6. The second kappa shape index (κ2) is 10.0. The molecular weight excluding hydrogens is 542 g/mol. The predicted molar refractivity (Wildman–Crippen MR) is 141 cm³/mol. The van der Waals surface area contributed by atoms with Crippen LogP contribution in [0.5, 0.6) is 0 Å². The van der Waals surface area contributed by atoms with Gasteiger partial charge in [0, 0.05) is 38.4 Å². The number of anilines is 2. The number of carbonyl (C=O) groups is 3. The molecule has 12 nitrogen and oxygen atoms in total. The zero-order chi connectivity index (χ0) is 28.2. The number of aromatic nitrogens is 4. The highest BCUT2D eigenvalue weighted by Crippen LogP contribution is 2.54. The lowest BCUT2D eigenvalue weighted by Gasteiger charge is -2.39. The van der Waals surface area contributed by atoms with Crippen LogP contribution in [0.2, 0.25) is 5.28 Å². The number of carbonyl (C=O) groups excluding carboxylic acids is 3. The third kappa shape index (κ3) is 4.44. The second-order valence-electron chi connectivity index (χ2n) is 10.4. The van der Waals surface area contributed by atoms with Crippen molar-refractivity contribution in [2.24, 2.45) is 0 Å². The summed E-state index contributed by atoms with van der Waals surface area (Å²) in [5.74, 6) is -1.20. The zero-order valence-electron chi connectivity index (χ0n) is 22.2. The van der Waals surface area contributed by atoms with E-state index in [2.05, 4.69) is 38.1 Å². The van der Waals surface area contributed by atoms with Crippen molar-refractivity contribution in [2.45, 2.75) is 70.0 Å². The van der Waals surface area contributed by atoms with Gasteiger partial charge in [0.25, 0.3) is 0 Å². The first kappa shape index (κ1) is 26.5. The first-order valence-corrected chi connectivity index (χ1v) is 13.4. The number of hydrogen-bond donors (Lipinski definition) is 0. The molecule has 1 saturated carbocycles. The van der Waals surface area contributed by atoms with E-state index in [-0.39, 0.29) is 17.3 Å². The molecule has 0 radical (unpaired) electrons. The Balaban J connectivity index is 1.42. The van der Waals surface area contributed by atoms with Crippen LogP contribution in [0.25, 0.3) is 11.2 Å². The van der Waals surface area contributed by atoms with Crippen LogP contribution in [0.3, 0.4) is 0 Å². The van der Waals surface area contributed by atoms with Crippen molar-refractivity contribution in [2.75, 3.05) is 18.1 Å². The van der Waals surface area contributed by atoms with Crippen LogP contribution in [0.1, 0.15) is 51.8 Å². The van der Waals surface area contributed by atoms with Gasteiger partial charge in [-0.1, -0.05) is 24.6 Å². The van der Waals surface area contributed by atoms with E-state index in [0.29, 0.717) is 17.0 Å². The summed E-state index contributed by atoms with van der Waals surface area (Å²) in [7, 11) is 0.